The van der Waals surface area contributed by atoms with Gasteiger partial charge in [0.1, 0.15) is 5.82 Å². The van der Waals surface area contributed by atoms with Crippen LogP contribution in [0.3, 0.4) is 0 Å². The first-order valence-electron chi connectivity index (χ1n) is 9.85. The Balaban J connectivity index is 1.38. The molecule has 1 aliphatic heterocycles. The third-order valence-electron chi connectivity index (χ3n) is 5.87. The topological polar surface area (TPSA) is 67.2 Å². The molecule has 3 aliphatic rings. The smallest absolute Gasteiger partial charge is 0.230 e. The van der Waals surface area contributed by atoms with Crippen LogP contribution in [0.25, 0.3) is 0 Å². The Bertz CT molecular complexity index is 631. The van der Waals surface area contributed by atoms with E-state index in [1.807, 2.05) is 15.6 Å². The van der Waals surface area contributed by atoms with Crippen molar-refractivity contribution < 1.29 is 9.59 Å². The van der Waals surface area contributed by atoms with Gasteiger partial charge in [-0.1, -0.05) is 19.3 Å². The Labute approximate surface area is 148 Å². The quantitative estimate of drug-likeness (QED) is 0.913. The third kappa shape index (κ3) is 3.72. The van der Waals surface area contributed by atoms with Gasteiger partial charge >= 0.3 is 0 Å². The molecule has 1 saturated heterocycles. The Morgan fingerprint density at radius 3 is 2.56 bits per heavy atom. The molecule has 0 spiro atoms. The molecule has 3 fully saturated rings. The molecule has 1 atom stereocenters. The third-order valence-corrected chi connectivity index (χ3v) is 5.87. The molecule has 0 aromatic carbocycles. The lowest BCUT2D eigenvalue weighted by molar-refractivity contribution is -0.135. The van der Waals surface area contributed by atoms with Gasteiger partial charge in [-0.15, -0.1) is 0 Å². The van der Waals surface area contributed by atoms with Crippen LogP contribution < -0.4 is 5.32 Å². The molecule has 1 N–H and O–H groups in total. The summed E-state index contributed by atoms with van der Waals surface area (Å²) in [6, 6.07) is 2.29. The minimum Gasteiger partial charge on any atom is -0.342 e. The number of piperidine rings is 1. The number of carbonyl (C=O) groups excluding carboxylic acids is 2. The Kier molecular flexibility index (Phi) is 4.77. The number of rotatable bonds is 4. The van der Waals surface area contributed by atoms with E-state index in [-0.39, 0.29) is 23.7 Å². The van der Waals surface area contributed by atoms with Gasteiger partial charge in [0.15, 0.2) is 0 Å². The molecular weight excluding hydrogens is 316 g/mol. The molecule has 25 heavy (non-hydrogen) atoms. The monoisotopic (exact) mass is 344 g/mol. The average molecular weight is 344 g/mol. The van der Waals surface area contributed by atoms with Crippen LogP contribution in [0, 0.1) is 11.8 Å². The number of carbonyl (C=O) groups is 2. The number of hydrogen-bond donors (Lipinski definition) is 1. The highest BCUT2D eigenvalue weighted by molar-refractivity contribution is 5.92. The van der Waals surface area contributed by atoms with Gasteiger partial charge in [-0.2, -0.15) is 5.10 Å². The molecule has 0 bridgehead atoms. The van der Waals surface area contributed by atoms with Crippen LogP contribution in [0.2, 0.25) is 0 Å². The Morgan fingerprint density at radius 2 is 1.80 bits per heavy atom. The zero-order valence-electron chi connectivity index (χ0n) is 14.8. The first-order valence-corrected chi connectivity index (χ1v) is 9.85. The van der Waals surface area contributed by atoms with Gasteiger partial charge in [0.05, 0.1) is 18.2 Å². The Morgan fingerprint density at radius 1 is 1.00 bits per heavy atom. The molecule has 1 aromatic heterocycles. The van der Waals surface area contributed by atoms with E-state index < -0.39 is 0 Å². The number of nitrogens with zero attached hydrogens (tertiary/aromatic N) is 3. The SMILES string of the molecule is O=C(Nc1ccnn1C1CCCCC1)[C@@H]1CCCN(C(=O)C2CC2)C1. The lowest BCUT2D eigenvalue weighted by Gasteiger charge is -2.32. The number of nitrogens with one attached hydrogen (secondary N) is 1. The van der Waals surface area contributed by atoms with Crippen molar-refractivity contribution in [3.8, 4) is 0 Å². The fourth-order valence-corrected chi connectivity index (χ4v) is 4.24. The van der Waals surface area contributed by atoms with Gasteiger partial charge in [0, 0.05) is 25.1 Å². The van der Waals surface area contributed by atoms with E-state index >= 15 is 0 Å². The molecular formula is C19H28N4O2. The van der Waals surface area contributed by atoms with Crippen LogP contribution >= 0.6 is 0 Å². The fraction of sp³-hybridized carbons (Fsp3) is 0.737. The highest BCUT2D eigenvalue weighted by Gasteiger charge is 2.36. The summed E-state index contributed by atoms with van der Waals surface area (Å²) in [4.78, 5) is 27.0. The average Bonchev–Trinajstić information content (AvgIpc) is 3.41. The van der Waals surface area contributed by atoms with E-state index in [4.69, 9.17) is 0 Å². The maximum Gasteiger partial charge on any atom is 0.230 e. The molecule has 1 aromatic rings. The molecule has 2 aliphatic carbocycles. The van der Waals surface area contributed by atoms with Crippen LogP contribution in [0.1, 0.15) is 63.8 Å². The molecule has 136 valence electrons. The van der Waals surface area contributed by atoms with Crippen LogP contribution in [-0.2, 0) is 9.59 Å². The van der Waals surface area contributed by atoms with Crippen molar-refractivity contribution in [2.75, 3.05) is 18.4 Å². The van der Waals surface area contributed by atoms with Gasteiger partial charge in [0.25, 0.3) is 0 Å². The van der Waals surface area contributed by atoms with Gasteiger partial charge in [-0.3, -0.25) is 9.59 Å². The van der Waals surface area contributed by atoms with Gasteiger partial charge in [0.2, 0.25) is 11.8 Å². The number of amides is 2. The lowest BCUT2D eigenvalue weighted by atomic mass is 9.95. The summed E-state index contributed by atoms with van der Waals surface area (Å²) in [5.41, 5.74) is 0. The largest absolute Gasteiger partial charge is 0.342 e. The molecule has 6 nitrogen and oxygen atoms in total. The predicted molar refractivity (Wildman–Crippen MR) is 95.0 cm³/mol. The summed E-state index contributed by atoms with van der Waals surface area (Å²) < 4.78 is 1.99. The van der Waals surface area contributed by atoms with Crippen LogP contribution in [-0.4, -0.2) is 39.6 Å². The van der Waals surface area contributed by atoms with Crippen molar-refractivity contribution in [3.63, 3.8) is 0 Å². The summed E-state index contributed by atoms with van der Waals surface area (Å²) >= 11 is 0. The standard InChI is InChI=1S/C19H28N4O2/c24-18(15-5-4-12-22(13-15)19(25)14-8-9-14)21-17-10-11-20-23(17)16-6-2-1-3-7-16/h10-11,14-16H,1-9,12-13H2,(H,21,24)/t15-/m1/s1. The maximum atomic E-state index is 12.8. The molecule has 0 unspecified atom stereocenters. The van der Waals surface area contributed by atoms with Gasteiger partial charge < -0.3 is 10.2 Å². The number of aromatic nitrogens is 2. The molecule has 2 saturated carbocycles. The summed E-state index contributed by atoms with van der Waals surface area (Å²) in [6.07, 6.45) is 11.6. The number of anilines is 1. The van der Waals surface area contributed by atoms with Crippen molar-refractivity contribution in [2.24, 2.45) is 11.8 Å². The molecule has 2 amide bonds. The first kappa shape index (κ1) is 16.6. The van der Waals surface area contributed by atoms with Crippen molar-refractivity contribution >= 4 is 17.6 Å². The van der Waals surface area contributed by atoms with Crippen molar-refractivity contribution in [2.45, 2.75) is 63.8 Å². The normalized spacial score (nSPS) is 25.0. The van der Waals surface area contributed by atoms with Crippen molar-refractivity contribution in [1.82, 2.24) is 14.7 Å². The molecule has 2 heterocycles. The second-order valence-corrected chi connectivity index (χ2v) is 7.84. The molecule has 4 rings (SSSR count). The molecule has 6 heteroatoms. The van der Waals surface area contributed by atoms with E-state index in [1.54, 1.807) is 6.20 Å². The van der Waals surface area contributed by atoms with E-state index in [2.05, 4.69) is 10.4 Å². The predicted octanol–water partition coefficient (Wildman–Crippen LogP) is 2.98. The van der Waals surface area contributed by atoms with E-state index in [9.17, 15) is 9.59 Å². The van der Waals surface area contributed by atoms with Crippen molar-refractivity contribution in [1.29, 1.82) is 0 Å². The first-order chi connectivity index (χ1) is 12.2. The minimum atomic E-state index is -0.105. The highest BCUT2D eigenvalue weighted by atomic mass is 16.2. The second kappa shape index (κ2) is 7.18. The van der Waals surface area contributed by atoms with Gasteiger partial charge in [-0.05, 0) is 38.5 Å². The van der Waals surface area contributed by atoms with Crippen LogP contribution in [0.5, 0.6) is 0 Å². The minimum absolute atomic E-state index is 0.0332. The second-order valence-electron chi connectivity index (χ2n) is 7.84. The highest BCUT2D eigenvalue weighted by Crippen LogP contribution is 2.33. The lowest BCUT2D eigenvalue weighted by Crippen LogP contribution is -2.44. The summed E-state index contributed by atoms with van der Waals surface area (Å²) in [5, 5.41) is 7.54. The summed E-state index contributed by atoms with van der Waals surface area (Å²) in [5.74, 6) is 1.22. The van der Waals surface area contributed by atoms with Crippen LogP contribution in [0.4, 0.5) is 5.82 Å². The molecule has 0 radical (unpaired) electrons. The summed E-state index contributed by atoms with van der Waals surface area (Å²) in [6.45, 7) is 1.37. The van der Waals surface area contributed by atoms with Gasteiger partial charge in [-0.25, -0.2) is 4.68 Å². The zero-order valence-corrected chi connectivity index (χ0v) is 14.8. The Hall–Kier alpha value is -1.85. The van der Waals surface area contributed by atoms with E-state index in [0.717, 1.165) is 50.9 Å². The number of hydrogen-bond acceptors (Lipinski definition) is 3. The number of likely N-dealkylation sites (tertiary alicyclic amines) is 1. The van der Waals surface area contributed by atoms with Crippen molar-refractivity contribution in [3.05, 3.63) is 12.3 Å². The van der Waals surface area contributed by atoms with E-state index in [1.165, 1.54) is 19.3 Å². The maximum absolute atomic E-state index is 12.8. The van der Waals surface area contributed by atoms with Crippen LogP contribution in [0.15, 0.2) is 12.3 Å². The zero-order chi connectivity index (χ0) is 17.2. The fourth-order valence-electron chi connectivity index (χ4n) is 4.24. The van der Waals surface area contributed by atoms with E-state index in [0.29, 0.717) is 12.6 Å². The summed E-state index contributed by atoms with van der Waals surface area (Å²) in [7, 11) is 0.